The van der Waals surface area contributed by atoms with E-state index in [1.54, 1.807) is 32.0 Å². The smallest absolute Gasteiger partial charge is 0.267 e. The molecular formula is C21H23N3O3. The Morgan fingerprint density at radius 3 is 2.59 bits per heavy atom. The van der Waals surface area contributed by atoms with Gasteiger partial charge in [-0.3, -0.25) is 9.59 Å². The average molecular weight is 365 g/mol. The number of hydrogen-bond acceptors (Lipinski definition) is 4. The summed E-state index contributed by atoms with van der Waals surface area (Å²) < 4.78 is 6.54. The largest absolute Gasteiger partial charge is 0.463 e. The Hall–Kier alpha value is -3.15. The molecule has 0 unspecified atom stereocenters. The molecule has 0 saturated carbocycles. The number of nitrogens with zero attached hydrogens (tertiary/aromatic N) is 2. The summed E-state index contributed by atoms with van der Waals surface area (Å²) in [5, 5.41) is 7.24. The third-order valence-electron chi connectivity index (χ3n) is 4.43. The minimum Gasteiger partial charge on any atom is -0.463 e. The predicted molar refractivity (Wildman–Crippen MR) is 103 cm³/mol. The first-order chi connectivity index (χ1) is 13.0. The van der Waals surface area contributed by atoms with E-state index in [0.29, 0.717) is 18.0 Å². The third-order valence-corrected chi connectivity index (χ3v) is 4.43. The number of benzene rings is 1. The third kappa shape index (κ3) is 4.34. The normalized spacial score (nSPS) is 11.3. The van der Waals surface area contributed by atoms with Crippen LogP contribution in [0.1, 0.15) is 25.8 Å². The van der Waals surface area contributed by atoms with Crippen molar-refractivity contribution in [1.29, 1.82) is 0 Å². The number of hydrogen-bond donors (Lipinski definition) is 1. The molecule has 3 rings (SSSR count). The number of furan rings is 1. The second-order valence-corrected chi connectivity index (χ2v) is 6.85. The van der Waals surface area contributed by atoms with E-state index in [4.69, 9.17) is 4.42 Å². The average Bonchev–Trinajstić information content (AvgIpc) is 3.21. The maximum atomic E-state index is 12.7. The molecule has 0 aliphatic carbocycles. The summed E-state index contributed by atoms with van der Waals surface area (Å²) in [6.45, 7) is 3.89. The van der Waals surface area contributed by atoms with Gasteiger partial charge in [0.25, 0.3) is 5.56 Å². The van der Waals surface area contributed by atoms with Gasteiger partial charge in [0.1, 0.15) is 11.2 Å². The second-order valence-electron chi connectivity index (χ2n) is 6.85. The monoisotopic (exact) mass is 365 g/mol. The summed E-state index contributed by atoms with van der Waals surface area (Å²) in [5.74, 6) is 0.296. The first kappa shape index (κ1) is 18.6. The first-order valence-electron chi connectivity index (χ1n) is 8.95. The zero-order chi connectivity index (χ0) is 19.3. The van der Waals surface area contributed by atoms with E-state index in [2.05, 4.69) is 22.5 Å². The van der Waals surface area contributed by atoms with E-state index in [0.717, 1.165) is 12.8 Å². The van der Waals surface area contributed by atoms with Crippen molar-refractivity contribution in [3.05, 3.63) is 76.8 Å². The maximum absolute atomic E-state index is 12.7. The minimum atomic E-state index is -1.12. The van der Waals surface area contributed by atoms with Gasteiger partial charge in [-0.2, -0.15) is 5.10 Å². The fourth-order valence-electron chi connectivity index (χ4n) is 2.82. The van der Waals surface area contributed by atoms with Crippen LogP contribution in [0.5, 0.6) is 0 Å². The molecule has 0 atom stereocenters. The Kier molecular flexibility index (Phi) is 5.54. The van der Waals surface area contributed by atoms with Gasteiger partial charge in [-0.25, -0.2) is 4.68 Å². The summed E-state index contributed by atoms with van der Waals surface area (Å²) >= 11 is 0. The van der Waals surface area contributed by atoms with Gasteiger partial charge in [-0.05, 0) is 50.5 Å². The molecule has 0 radical (unpaired) electrons. The molecular weight excluding hydrogens is 342 g/mol. The van der Waals surface area contributed by atoms with Crippen molar-refractivity contribution in [1.82, 2.24) is 15.1 Å². The molecule has 140 valence electrons. The van der Waals surface area contributed by atoms with Gasteiger partial charge in [0.15, 0.2) is 5.76 Å². The van der Waals surface area contributed by atoms with E-state index >= 15 is 0 Å². The second kappa shape index (κ2) is 8.03. The molecule has 0 bridgehead atoms. The number of nitrogens with one attached hydrogen (secondary N) is 1. The topological polar surface area (TPSA) is 77.1 Å². The zero-order valence-corrected chi connectivity index (χ0v) is 15.5. The van der Waals surface area contributed by atoms with Crippen LogP contribution in [0.25, 0.3) is 11.5 Å². The molecule has 0 aliphatic rings. The fourth-order valence-corrected chi connectivity index (χ4v) is 2.82. The lowest BCUT2D eigenvalue weighted by molar-refractivity contribution is -0.129. The van der Waals surface area contributed by atoms with E-state index in [9.17, 15) is 9.59 Å². The summed E-state index contributed by atoms with van der Waals surface area (Å²) in [6, 6.07) is 16.6. The minimum absolute atomic E-state index is 0.248. The number of aryl methyl sites for hydroxylation is 1. The Balaban J connectivity index is 1.67. The summed E-state index contributed by atoms with van der Waals surface area (Å²) in [6.07, 6.45) is 3.24. The van der Waals surface area contributed by atoms with Gasteiger partial charge in [0, 0.05) is 12.6 Å². The van der Waals surface area contributed by atoms with Crippen LogP contribution in [-0.4, -0.2) is 22.2 Å². The predicted octanol–water partition coefficient (Wildman–Crippen LogP) is 2.99. The van der Waals surface area contributed by atoms with Crippen molar-refractivity contribution in [3.8, 4) is 11.5 Å². The Bertz CT molecular complexity index is 944. The number of rotatable bonds is 7. The van der Waals surface area contributed by atoms with Crippen molar-refractivity contribution in [3.63, 3.8) is 0 Å². The van der Waals surface area contributed by atoms with Crippen LogP contribution in [-0.2, 0) is 16.8 Å². The van der Waals surface area contributed by atoms with Crippen LogP contribution >= 0.6 is 0 Å². The lowest BCUT2D eigenvalue weighted by atomic mass is 10.0. The standard InChI is InChI=1S/C21H23N3O3/c1-21(2,20(26)22-14-6-10-16-8-4-3-5-9-16)24-19(25)13-12-17(23-24)18-11-7-15-27-18/h3-5,7-9,11-13,15H,6,10,14H2,1-2H3,(H,22,26). The Morgan fingerprint density at radius 2 is 1.89 bits per heavy atom. The van der Waals surface area contributed by atoms with Gasteiger partial charge < -0.3 is 9.73 Å². The first-order valence-corrected chi connectivity index (χ1v) is 8.95. The van der Waals surface area contributed by atoms with Crippen LogP contribution in [0.3, 0.4) is 0 Å². The van der Waals surface area contributed by atoms with Crippen molar-refractivity contribution < 1.29 is 9.21 Å². The Labute approximate surface area is 157 Å². The van der Waals surface area contributed by atoms with E-state index in [-0.39, 0.29) is 11.5 Å². The molecule has 1 N–H and O–H groups in total. The van der Waals surface area contributed by atoms with Crippen molar-refractivity contribution >= 4 is 5.91 Å². The fraction of sp³-hybridized carbons (Fsp3) is 0.286. The van der Waals surface area contributed by atoms with Crippen LogP contribution in [0, 0.1) is 0 Å². The van der Waals surface area contributed by atoms with E-state index in [1.807, 2.05) is 18.2 Å². The number of amides is 1. The summed E-state index contributed by atoms with van der Waals surface area (Å²) in [4.78, 5) is 25.0. The van der Waals surface area contributed by atoms with Crippen molar-refractivity contribution in [2.24, 2.45) is 0 Å². The van der Waals surface area contributed by atoms with Gasteiger partial charge in [-0.1, -0.05) is 30.3 Å². The van der Waals surface area contributed by atoms with E-state index in [1.165, 1.54) is 22.6 Å². The van der Waals surface area contributed by atoms with Crippen molar-refractivity contribution in [2.75, 3.05) is 6.54 Å². The zero-order valence-electron chi connectivity index (χ0n) is 15.5. The molecule has 1 aromatic carbocycles. The molecule has 1 amide bonds. The summed E-state index contributed by atoms with van der Waals surface area (Å²) in [5.41, 5.74) is 0.279. The van der Waals surface area contributed by atoms with E-state index < -0.39 is 5.54 Å². The van der Waals surface area contributed by atoms with Gasteiger partial charge in [0.05, 0.1) is 6.26 Å². The Morgan fingerprint density at radius 1 is 1.11 bits per heavy atom. The molecule has 2 heterocycles. The van der Waals surface area contributed by atoms with Crippen LogP contribution < -0.4 is 10.9 Å². The van der Waals surface area contributed by atoms with Crippen LogP contribution in [0.15, 0.2) is 70.1 Å². The summed E-state index contributed by atoms with van der Waals surface area (Å²) in [7, 11) is 0. The highest BCUT2D eigenvalue weighted by Crippen LogP contribution is 2.18. The highest BCUT2D eigenvalue weighted by Gasteiger charge is 2.32. The molecule has 27 heavy (non-hydrogen) atoms. The van der Waals surface area contributed by atoms with Gasteiger partial charge in [-0.15, -0.1) is 0 Å². The van der Waals surface area contributed by atoms with Gasteiger partial charge >= 0.3 is 0 Å². The van der Waals surface area contributed by atoms with Crippen LogP contribution in [0.2, 0.25) is 0 Å². The molecule has 0 fully saturated rings. The number of carbonyl (C=O) groups is 1. The van der Waals surface area contributed by atoms with Crippen LogP contribution in [0.4, 0.5) is 0 Å². The lowest BCUT2D eigenvalue weighted by Gasteiger charge is -2.25. The molecule has 0 saturated heterocycles. The molecule has 6 nitrogen and oxygen atoms in total. The van der Waals surface area contributed by atoms with Gasteiger partial charge in [0.2, 0.25) is 5.91 Å². The number of carbonyl (C=O) groups excluding carboxylic acids is 1. The number of aromatic nitrogens is 2. The highest BCUT2D eigenvalue weighted by atomic mass is 16.3. The SMILES string of the molecule is CC(C)(C(=O)NCCCc1ccccc1)n1nc(-c2ccco2)ccc1=O. The molecule has 0 spiro atoms. The highest BCUT2D eigenvalue weighted by molar-refractivity contribution is 5.83. The lowest BCUT2D eigenvalue weighted by Crippen LogP contribution is -2.49. The maximum Gasteiger partial charge on any atom is 0.267 e. The van der Waals surface area contributed by atoms with Crippen molar-refractivity contribution in [2.45, 2.75) is 32.2 Å². The quantitative estimate of drug-likeness (QED) is 0.653. The molecule has 6 heteroatoms. The molecule has 2 aromatic heterocycles. The molecule has 0 aliphatic heterocycles. The molecule has 3 aromatic rings.